The van der Waals surface area contributed by atoms with Gasteiger partial charge in [-0.2, -0.15) is 0 Å². The Morgan fingerprint density at radius 1 is 1.26 bits per heavy atom. The Labute approximate surface area is 138 Å². The van der Waals surface area contributed by atoms with Crippen LogP contribution >= 0.6 is 0 Å². The Hall–Kier alpha value is -2.96. The minimum atomic E-state index is -0.334. The molecular formula is C20H19NO2. The summed E-state index contributed by atoms with van der Waals surface area (Å²) in [7, 11) is 0. The van der Waals surface area contributed by atoms with E-state index in [0.29, 0.717) is 25.0 Å². The summed E-state index contributed by atoms with van der Waals surface area (Å²) in [5.41, 5.74) is 1.59. The zero-order valence-electron chi connectivity index (χ0n) is 13.4. The van der Waals surface area contributed by atoms with Gasteiger partial charge in [0.25, 0.3) is 0 Å². The van der Waals surface area contributed by atoms with Crippen LogP contribution in [0.15, 0.2) is 35.5 Å². The van der Waals surface area contributed by atoms with Crippen LogP contribution in [0, 0.1) is 41.9 Å². The maximum Gasteiger partial charge on any atom is 0.338 e. The molecule has 3 heteroatoms. The average molecular weight is 305 g/mol. The average Bonchev–Trinajstić information content (AvgIpc) is 2.59. The van der Waals surface area contributed by atoms with Gasteiger partial charge in [0.2, 0.25) is 0 Å². The van der Waals surface area contributed by atoms with E-state index < -0.39 is 0 Å². The first kappa shape index (κ1) is 18.1. The number of hydrogen-bond acceptors (Lipinski definition) is 3. The number of hydrogen-bond donors (Lipinski definition) is 0. The minimum absolute atomic E-state index is 0.225. The van der Waals surface area contributed by atoms with E-state index in [2.05, 4.69) is 34.8 Å². The highest BCUT2D eigenvalue weighted by atomic mass is 16.7. The van der Waals surface area contributed by atoms with Gasteiger partial charge in [0.15, 0.2) is 0 Å². The molecule has 1 rings (SSSR count). The maximum absolute atomic E-state index is 12.0. The minimum Gasteiger partial charge on any atom is -0.318 e. The molecule has 0 radical (unpaired) electrons. The van der Waals surface area contributed by atoms with Crippen LogP contribution in [-0.4, -0.2) is 11.7 Å². The van der Waals surface area contributed by atoms with E-state index in [0.717, 1.165) is 5.56 Å². The SMILES string of the molecule is C#CC#CC#CCCC(CC)C(=O)ON=C(C)c1ccccc1. The van der Waals surface area contributed by atoms with Crippen LogP contribution in [0.3, 0.4) is 0 Å². The third-order valence-electron chi connectivity index (χ3n) is 3.19. The van der Waals surface area contributed by atoms with E-state index in [-0.39, 0.29) is 11.9 Å². The molecule has 0 N–H and O–H groups in total. The summed E-state index contributed by atoms with van der Waals surface area (Å²) in [6, 6.07) is 9.57. The van der Waals surface area contributed by atoms with Crippen molar-refractivity contribution in [3.8, 4) is 36.0 Å². The number of nitrogens with zero attached hydrogens (tertiary/aromatic N) is 1. The summed E-state index contributed by atoms with van der Waals surface area (Å²) in [6.45, 7) is 3.74. The van der Waals surface area contributed by atoms with Crippen LogP contribution in [0.2, 0.25) is 0 Å². The second-order valence-corrected chi connectivity index (χ2v) is 4.79. The molecule has 0 saturated heterocycles. The fraction of sp³-hybridized carbons (Fsp3) is 0.300. The lowest BCUT2D eigenvalue weighted by molar-refractivity contribution is -0.148. The molecule has 0 fully saturated rings. The first-order valence-electron chi connectivity index (χ1n) is 7.43. The molecule has 0 heterocycles. The van der Waals surface area contributed by atoms with Crippen molar-refractivity contribution in [3.05, 3.63) is 35.9 Å². The number of carbonyl (C=O) groups is 1. The molecule has 0 amide bonds. The van der Waals surface area contributed by atoms with Crippen molar-refractivity contribution >= 4 is 11.7 Å². The monoisotopic (exact) mass is 305 g/mol. The Bertz CT molecular complexity index is 703. The smallest absolute Gasteiger partial charge is 0.318 e. The van der Waals surface area contributed by atoms with E-state index in [9.17, 15) is 4.79 Å². The normalized spacial score (nSPS) is 11.1. The predicted octanol–water partition coefficient (Wildman–Crippen LogP) is 3.40. The lowest BCUT2D eigenvalue weighted by atomic mass is 10.0. The topological polar surface area (TPSA) is 38.7 Å². The number of carbonyl (C=O) groups excluding carboxylic acids is 1. The van der Waals surface area contributed by atoms with Crippen molar-refractivity contribution in [3.63, 3.8) is 0 Å². The summed E-state index contributed by atoms with van der Waals surface area (Å²) >= 11 is 0. The van der Waals surface area contributed by atoms with Crippen molar-refractivity contribution in [2.24, 2.45) is 11.1 Å². The maximum atomic E-state index is 12.0. The molecule has 116 valence electrons. The highest BCUT2D eigenvalue weighted by Crippen LogP contribution is 2.13. The lowest BCUT2D eigenvalue weighted by Crippen LogP contribution is -2.15. The Kier molecular flexibility index (Phi) is 8.43. The molecule has 0 saturated carbocycles. The fourth-order valence-corrected chi connectivity index (χ4v) is 1.83. The molecule has 0 bridgehead atoms. The van der Waals surface area contributed by atoms with Gasteiger partial charge in [0.1, 0.15) is 0 Å². The quantitative estimate of drug-likeness (QED) is 0.350. The van der Waals surface area contributed by atoms with Crippen molar-refractivity contribution in [2.75, 3.05) is 0 Å². The van der Waals surface area contributed by atoms with Crippen LogP contribution in [-0.2, 0) is 9.63 Å². The second-order valence-electron chi connectivity index (χ2n) is 4.79. The molecule has 0 aliphatic heterocycles. The molecular weight excluding hydrogens is 286 g/mol. The summed E-state index contributed by atoms with van der Waals surface area (Å²) in [5, 5.41) is 3.92. The van der Waals surface area contributed by atoms with Gasteiger partial charge in [0.05, 0.1) is 11.6 Å². The van der Waals surface area contributed by atoms with Gasteiger partial charge in [-0.05, 0) is 49.0 Å². The van der Waals surface area contributed by atoms with Gasteiger partial charge < -0.3 is 4.84 Å². The third kappa shape index (κ3) is 7.03. The highest BCUT2D eigenvalue weighted by Gasteiger charge is 2.17. The third-order valence-corrected chi connectivity index (χ3v) is 3.19. The summed E-state index contributed by atoms with van der Waals surface area (Å²) in [4.78, 5) is 17.1. The zero-order chi connectivity index (χ0) is 16.9. The number of rotatable bonds is 6. The summed E-state index contributed by atoms with van der Waals surface area (Å²) in [6.07, 6.45) is 6.84. The Morgan fingerprint density at radius 2 is 2.00 bits per heavy atom. The lowest BCUT2D eigenvalue weighted by Gasteiger charge is -2.09. The van der Waals surface area contributed by atoms with Crippen LogP contribution in [0.5, 0.6) is 0 Å². The van der Waals surface area contributed by atoms with Crippen molar-refractivity contribution < 1.29 is 9.63 Å². The first-order valence-corrected chi connectivity index (χ1v) is 7.43. The van der Waals surface area contributed by atoms with Crippen LogP contribution < -0.4 is 0 Å². The largest absolute Gasteiger partial charge is 0.338 e. The summed E-state index contributed by atoms with van der Waals surface area (Å²) in [5.74, 6) is 12.1. The number of terminal acetylenes is 1. The molecule has 1 unspecified atom stereocenters. The molecule has 0 aromatic heterocycles. The second kappa shape index (κ2) is 10.7. The van der Waals surface area contributed by atoms with Crippen molar-refractivity contribution in [1.82, 2.24) is 0 Å². The van der Waals surface area contributed by atoms with Gasteiger partial charge in [-0.1, -0.05) is 48.3 Å². The van der Waals surface area contributed by atoms with E-state index >= 15 is 0 Å². The van der Waals surface area contributed by atoms with Crippen molar-refractivity contribution in [2.45, 2.75) is 33.1 Å². The van der Waals surface area contributed by atoms with E-state index in [1.54, 1.807) is 6.92 Å². The molecule has 0 aliphatic rings. The number of oxime groups is 1. The van der Waals surface area contributed by atoms with Crippen LogP contribution in [0.4, 0.5) is 0 Å². The van der Waals surface area contributed by atoms with Crippen LogP contribution in [0.25, 0.3) is 0 Å². The van der Waals surface area contributed by atoms with Gasteiger partial charge in [0, 0.05) is 6.42 Å². The molecule has 1 atom stereocenters. The zero-order valence-corrected chi connectivity index (χ0v) is 13.4. The van der Waals surface area contributed by atoms with Gasteiger partial charge >= 0.3 is 5.97 Å². The van der Waals surface area contributed by atoms with Gasteiger partial charge in [-0.3, -0.25) is 0 Å². The molecule has 1 aromatic carbocycles. The fourth-order valence-electron chi connectivity index (χ4n) is 1.83. The molecule has 23 heavy (non-hydrogen) atoms. The predicted molar refractivity (Wildman–Crippen MR) is 92.1 cm³/mol. The van der Waals surface area contributed by atoms with Gasteiger partial charge in [-0.25, -0.2) is 4.79 Å². The van der Waals surface area contributed by atoms with E-state index in [4.69, 9.17) is 11.3 Å². The van der Waals surface area contributed by atoms with E-state index in [1.165, 1.54) is 0 Å². The molecule has 1 aromatic rings. The molecule has 0 spiro atoms. The van der Waals surface area contributed by atoms with Crippen molar-refractivity contribution in [1.29, 1.82) is 0 Å². The molecule has 3 nitrogen and oxygen atoms in total. The van der Waals surface area contributed by atoms with E-state index in [1.807, 2.05) is 37.3 Å². The van der Waals surface area contributed by atoms with Gasteiger partial charge in [-0.15, -0.1) is 6.42 Å². The Balaban J connectivity index is 2.53. The summed E-state index contributed by atoms with van der Waals surface area (Å²) < 4.78 is 0. The highest BCUT2D eigenvalue weighted by molar-refractivity contribution is 5.98. The van der Waals surface area contributed by atoms with Crippen LogP contribution in [0.1, 0.15) is 38.7 Å². The number of benzene rings is 1. The molecule has 0 aliphatic carbocycles. The first-order chi connectivity index (χ1) is 11.2. The standard InChI is InChI=1S/C20H19NO2/c1-4-6-7-8-9-11-14-18(5-2)20(22)23-21-17(3)19-15-12-10-13-16-19/h1,10,12-13,15-16,18H,5,11,14H2,2-3H3. The Morgan fingerprint density at radius 3 is 2.65 bits per heavy atom.